The average molecular weight is 521 g/mol. The number of carbonyl (C=O) groups excluding carboxylic acids is 3. The van der Waals surface area contributed by atoms with E-state index in [-0.39, 0.29) is 24.8 Å². The third-order valence-corrected chi connectivity index (χ3v) is 6.00. The molecule has 2 amide bonds. The number of benzene rings is 1. The van der Waals surface area contributed by atoms with Crippen molar-refractivity contribution in [2.24, 2.45) is 5.41 Å². The summed E-state index contributed by atoms with van der Waals surface area (Å²) in [5.74, 6) is -1.71. The Bertz CT molecular complexity index is 941. The van der Waals surface area contributed by atoms with Gasteiger partial charge in [-0.1, -0.05) is 62.8 Å². The predicted molar refractivity (Wildman–Crippen MR) is 136 cm³/mol. The highest BCUT2D eigenvalue weighted by Crippen LogP contribution is 2.17. The van der Waals surface area contributed by atoms with Crippen molar-refractivity contribution in [3.63, 3.8) is 0 Å². The lowest BCUT2D eigenvalue weighted by Crippen LogP contribution is -2.55. The van der Waals surface area contributed by atoms with Gasteiger partial charge in [-0.25, -0.2) is 0 Å². The van der Waals surface area contributed by atoms with Gasteiger partial charge in [-0.2, -0.15) is 0 Å². The molecular formula is C27H40N2O8. The van der Waals surface area contributed by atoms with E-state index < -0.39 is 54.3 Å². The zero-order chi connectivity index (χ0) is 27.8. The third kappa shape index (κ3) is 9.88. The van der Waals surface area contributed by atoms with Crippen molar-refractivity contribution in [1.29, 1.82) is 0 Å². The Kier molecular flexibility index (Phi) is 11.2. The first kappa shape index (κ1) is 30.4. The molecule has 0 aliphatic carbocycles. The monoisotopic (exact) mass is 520 g/mol. The number of aliphatic hydroxyl groups is 3. The van der Waals surface area contributed by atoms with Gasteiger partial charge in [0.05, 0.1) is 13.0 Å². The van der Waals surface area contributed by atoms with E-state index in [1.54, 1.807) is 6.08 Å². The second-order valence-corrected chi connectivity index (χ2v) is 10.5. The number of esters is 1. The Morgan fingerprint density at radius 3 is 2.38 bits per heavy atom. The molecule has 1 saturated heterocycles. The van der Waals surface area contributed by atoms with E-state index in [4.69, 9.17) is 9.47 Å². The maximum Gasteiger partial charge on any atom is 0.310 e. The van der Waals surface area contributed by atoms with Gasteiger partial charge in [0, 0.05) is 7.11 Å². The smallest absolute Gasteiger partial charge is 0.310 e. The number of hydrogen-bond donors (Lipinski definition) is 5. The van der Waals surface area contributed by atoms with E-state index in [0.29, 0.717) is 6.42 Å². The molecule has 1 fully saturated rings. The molecule has 0 saturated carbocycles. The molecule has 6 unspecified atom stereocenters. The molecule has 0 radical (unpaired) electrons. The highest BCUT2D eigenvalue weighted by Gasteiger charge is 2.37. The Balaban J connectivity index is 1.92. The number of rotatable bonds is 10. The zero-order valence-corrected chi connectivity index (χ0v) is 22.1. The number of methoxy groups -OCH3 is 1. The molecule has 1 aromatic rings. The summed E-state index contributed by atoms with van der Waals surface area (Å²) in [6, 6.07) is 6.58. The summed E-state index contributed by atoms with van der Waals surface area (Å²) in [6.07, 6.45) is -3.34. The summed E-state index contributed by atoms with van der Waals surface area (Å²) in [5, 5.41) is 36.2. The van der Waals surface area contributed by atoms with Gasteiger partial charge in [0.2, 0.25) is 5.91 Å². The minimum atomic E-state index is -1.76. The Labute approximate surface area is 218 Å². The number of hydrogen-bond acceptors (Lipinski definition) is 8. The number of amides is 2. The molecule has 2 rings (SSSR count). The van der Waals surface area contributed by atoms with Gasteiger partial charge in [-0.15, -0.1) is 0 Å². The lowest BCUT2D eigenvalue weighted by molar-refractivity contribution is -0.151. The maximum atomic E-state index is 12.8. The molecule has 0 bridgehead atoms. The van der Waals surface area contributed by atoms with Gasteiger partial charge in [-0.3, -0.25) is 14.4 Å². The predicted octanol–water partition coefficient (Wildman–Crippen LogP) is 0.544. The van der Waals surface area contributed by atoms with E-state index >= 15 is 0 Å². The Hall–Kier alpha value is -2.79. The second-order valence-electron chi connectivity index (χ2n) is 10.5. The summed E-state index contributed by atoms with van der Waals surface area (Å²) in [6.45, 7) is 7.76. The number of aryl methyl sites for hydroxylation is 1. The van der Waals surface area contributed by atoms with E-state index in [1.165, 1.54) is 13.2 Å². The van der Waals surface area contributed by atoms with Crippen LogP contribution in [0.5, 0.6) is 0 Å². The number of nitrogens with one attached hydrogen (secondary N) is 2. The van der Waals surface area contributed by atoms with Gasteiger partial charge >= 0.3 is 5.97 Å². The van der Waals surface area contributed by atoms with Crippen LogP contribution in [-0.2, 0) is 30.3 Å². The Morgan fingerprint density at radius 2 is 1.78 bits per heavy atom. The summed E-state index contributed by atoms with van der Waals surface area (Å²) >= 11 is 0. The van der Waals surface area contributed by atoms with Gasteiger partial charge in [0.1, 0.15) is 30.5 Å². The molecule has 10 nitrogen and oxygen atoms in total. The molecule has 0 spiro atoms. The molecule has 1 heterocycles. The normalized spacial score (nSPS) is 21.9. The first-order valence-electron chi connectivity index (χ1n) is 12.4. The fourth-order valence-electron chi connectivity index (χ4n) is 3.80. The molecule has 37 heavy (non-hydrogen) atoms. The van der Waals surface area contributed by atoms with Crippen LogP contribution < -0.4 is 10.6 Å². The summed E-state index contributed by atoms with van der Waals surface area (Å²) in [7, 11) is 1.17. The quantitative estimate of drug-likeness (QED) is 0.221. The van der Waals surface area contributed by atoms with E-state index in [0.717, 1.165) is 11.1 Å². The number of carbonyl (C=O) groups is 3. The van der Waals surface area contributed by atoms with E-state index in [9.17, 15) is 29.7 Å². The molecule has 6 atom stereocenters. The van der Waals surface area contributed by atoms with Crippen molar-refractivity contribution < 1.29 is 39.2 Å². The molecule has 10 heteroatoms. The van der Waals surface area contributed by atoms with Crippen molar-refractivity contribution in [3.8, 4) is 0 Å². The van der Waals surface area contributed by atoms with Crippen LogP contribution in [0.3, 0.4) is 0 Å². The van der Waals surface area contributed by atoms with Crippen LogP contribution in [0.15, 0.2) is 36.4 Å². The Morgan fingerprint density at radius 1 is 1.14 bits per heavy atom. The van der Waals surface area contributed by atoms with Crippen molar-refractivity contribution in [1.82, 2.24) is 10.6 Å². The summed E-state index contributed by atoms with van der Waals surface area (Å²) < 4.78 is 10.6. The van der Waals surface area contributed by atoms with Gasteiger partial charge in [0.15, 0.2) is 6.10 Å². The molecule has 5 N–H and O–H groups in total. The van der Waals surface area contributed by atoms with E-state index in [2.05, 4.69) is 10.6 Å². The zero-order valence-electron chi connectivity index (χ0n) is 22.1. The first-order valence-corrected chi connectivity index (χ1v) is 12.4. The van der Waals surface area contributed by atoms with Crippen molar-refractivity contribution >= 4 is 17.8 Å². The minimum Gasteiger partial charge on any atom is -0.460 e. The van der Waals surface area contributed by atoms with Crippen LogP contribution >= 0.6 is 0 Å². The van der Waals surface area contributed by atoms with Crippen LogP contribution in [0.2, 0.25) is 0 Å². The maximum absolute atomic E-state index is 12.8. The van der Waals surface area contributed by atoms with E-state index in [1.807, 2.05) is 52.0 Å². The fourth-order valence-corrected chi connectivity index (χ4v) is 3.80. The van der Waals surface area contributed by atoms with Gasteiger partial charge in [-0.05, 0) is 30.7 Å². The average Bonchev–Trinajstić information content (AvgIpc) is 2.99. The largest absolute Gasteiger partial charge is 0.460 e. The molecule has 0 aromatic heterocycles. The van der Waals surface area contributed by atoms with Gasteiger partial charge in [0.25, 0.3) is 5.91 Å². The molecule has 1 aromatic carbocycles. The molecule has 1 aliphatic heterocycles. The first-order chi connectivity index (χ1) is 17.3. The third-order valence-electron chi connectivity index (χ3n) is 6.00. The fraction of sp³-hybridized carbons (Fsp3) is 0.593. The van der Waals surface area contributed by atoms with Crippen molar-refractivity contribution in [3.05, 3.63) is 47.5 Å². The summed E-state index contributed by atoms with van der Waals surface area (Å²) in [4.78, 5) is 37.7. The summed E-state index contributed by atoms with van der Waals surface area (Å²) in [5.41, 5.74) is 1.65. The van der Waals surface area contributed by atoms with Gasteiger partial charge < -0.3 is 35.4 Å². The minimum absolute atomic E-state index is 0.103. The highest BCUT2D eigenvalue weighted by atomic mass is 16.5. The number of aliphatic hydroxyl groups excluding tert-OH is 3. The van der Waals surface area contributed by atoms with Crippen LogP contribution in [-0.4, -0.2) is 83.3 Å². The molecule has 206 valence electrons. The van der Waals surface area contributed by atoms with Crippen LogP contribution in [0.25, 0.3) is 0 Å². The lowest BCUT2D eigenvalue weighted by Gasteiger charge is -2.28. The molecule has 1 aliphatic rings. The van der Waals surface area contributed by atoms with Crippen LogP contribution in [0.1, 0.15) is 44.7 Å². The molecular weight excluding hydrogens is 480 g/mol. The van der Waals surface area contributed by atoms with Crippen molar-refractivity contribution in [2.75, 3.05) is 13.7 Å². The number of ether oxygens (including phenoxy) is 2. The van der Waals surface area contributed by atoms with Crippen molar-refractivity contribution in [2.45, 2.75) is 83.5 Å². The van der Waals surface area contributed by atoms with Crippen LogP contribution in [0, 0.1) is 12.3 Å². The standard InChI is InChI=1S/C27H40N2O8/c1-16-6-8-17(9-7-16)14-21(31)37-18-10-11-19(25(34)28-15-18)29-26(35)24(36-5)23(33)22(32)20(30)12-13-27(2,3)4/h6-9,12-13,18-20,22-24,30,32-33H,10-11,14-15H2,1-5H3,(H,28,34)(H,29,35)/b13-12+. The SMILES string of the molecule is COC(C(=O)NC1CCC(OC(=O)Cc2ccc(C)cc2)CNC1=O)C(O)C(O)C(O)/C=C/C(C)(C)C. The number of allylic oxidation sites excluding steroid dienone is 1. The van der Waals surface area contributed by atoms with Crippen LogP contribution in [0.4, 0.5) is 0 Å². The lowest BCUT2D eigenvalue weighted by atomic mass is 9.94. The topological polar surface area (TPSA) is 154 Å². The highest BCUT2D eigenvalue weighted by molar-refractivity contribution is 5.89. The second kappa shape index (κ2) is 13.7.